The fourth-order valence-corrected chi connectivity index (χ4v) is 3.17. The molecule has 0 unspecified atom stereocenters. The van der Waals surface area contributed by atoms with E-state index in [-0.39, 0.29) is 12.2 Å². The minimum atomic E-state index is -0.654. The average Bonchev–Trinajstić information content (AvgIpc) is 3.15. The van der Waals surface area contributed by atoms with Crippen LogP contribution in [0.25, 0.3) is 33.7 Å². The van der Waals surface area contributed by atoms with Crippen LogP contribution in [0.4, 0.5) is 8.78 Å². The summed E-state index contributed by atoms with van der Waals surface area (Å²) in [5, 5.41) is 0. The lowest BCUT2D eigenvalue weighted by molar-refractivity contribution is -0.157. The van der Waals surface area contributed by atoms with Gasteiger partial charge in [0.25, 0.3) is 0 Å². The maximum atomic E-state index is 14.1. The number of oxazole rings is 1. The molecular formula is C25H21F2NO4. The summed E-state index contributed by atoms with van der Waals surface area (Å²) in [6.07, 6.45) is 0. The van der Waals surface area contributed by atoms with Crippen molar-refractivity contribution >= 4 is 17.1 Å². The van der Waals surface area contributed by atoms with Crippen molar-refractivity contribution in [2.24, 2.45) is 0 Å². The van der Waals surface area contributed by atoms with Crippen LogP contribution in [0.15, 0.2) is 65.1 Å². The van der Waals surface area contributed by atoms with Gasteiger partial charge in [0.1, 0.15) is 28.5 Å². The number of aromatic nitrogens is 1. The number of benzene rings is 3. The SMILES string of the molecule is CC(C)(C)OC(=O)COc1cccc(-c2nc3ccc(-c4ccc(F)cc4F)cc3o2)c1. The van der Waals surface area contributed by atoms with Crippen LogP contribution in [0.3, 0.4) is 0 Å². The molecule has 0 amide bonds. The van der Waals surface area contributed by atoms with Crippen molar-refractivity contribution in [2.45, 2.75) is 26.4 Å². The fraction of sp³-hybridized carbons (Fsp3) is 0.200. The van der Waals surface area contributed by atoms with E-state index in [4.69, 9.17) is 13.9 Å². The van der Waals surface area contributed by atoms with E-state index in [9.17, 15) is 13.6 Å². The highest BCUT2D eigenvalue weighted by molar-refractivity contribution is 5.82. The third-order valence-corrected chi connectivity index (χ3v) is 4.49. The van der Waals surface area contributed by atoms with E-state index in [1.165, 1.54) is 12.1 Å². The van der Waals surface area contributed by atoms with E-state index in [0.29, 0.717) is 33.9 Å². The molecule has 4 aromatic rings. The molecule has 0 spiro atoms. The maximum Gasteiger partial charge on any atom is 0.344 e. The van der Waals surface area contributed by atoms with E-state index in [1.54, 1.807) is 63.2 Å². The number of fused-ring (bicyclic) bond motifs is 1. The van der Waals surface area contributed by atoms with Gasteiger partial charge in [0.15, 0.2) is 12.2 Å². The van der Waals surface area contributed by atoms with Gasteiger partial charge in [-0.05, 0) is 68.8 Å². The van der Waals surface area contributed by atoms with Crippen LogP contribution >= 0.6 is 0 Å². The number of carbonyl (C=O) groups is 1. The van der Waals surface area contributed by atoms with Gasteiger partial charge in [-0.1, -0.05) is 12.1 Å². The molecule has 0 aliphatic heterocycles. The number of hydrogen-bond acceptors (Lipinski definition) is 5. The number of nitrogens with zero attached hydrogens (tertiary/aromatic N) is 1. The molecule has 1 heterocycles. The standard InChI is InChI=1S/C25H21F2NO4/c1-25(2,3)32-23(29)14-30-18-6-4-5-16(11-18)24-28-21-10-7-15(12-22(21)31-24)19-9-8-17(26)13-20(19)27/h4-13H,14H2,1-3H3. The maximum absolute atomic E-state index is 14.1. The monoisotopic (exact) mass is 437 g/mol. The van der Waals surface area contributed by atoms with Gasteiger partial charge >= 0.3 is 5.97 Å². The first-order chi connectivity index (χ1) is 15.2. The zero-order chi connectivity index (χ0) is 22.9. The van der Waals surface area contributed by atoms with Crippen LogP contribution in [-0.4, -0.2) is 23.2 Å². The molecule has 164 valence electrons. The van der Waals surface area contributed by atoms with Gasteiger partial charge in [0.05, 0.1) is 0 Å². The number of hydrogen-bond donors (Lipinski definition) is 0. The van der Waals surface area contributed by atoms with E-state index >= 15 is 0 Å². The normalized spacial score (nSPS) is 11.5. The predicted octanol–water partition coefficient (Wildman–Crippen LogP) is 6.16. The summed E-state index contributed by atoms with van der Waals surface area (Å²) in [5.74, 6) is -0.948. The summed E-state index contributed by atoms with van der Waals surface area (Å²) in [6.45, 7) is 5.14. The van der Waals surface area contributed by atoms with Gasteiger partial charge in [0, 0.05) is 17.2 Å². The lowest BCUT2D eigenvalue weighted by atomic mass is 10.0. The molecule has 7 heteroatoms. The number of ether oxygens (including phenoxy) is 2. The lowest BCUT2D eigenvalue weighted by Gasteiger charge is -2.19. The quantitative estimate of drug-likeness (QED) is 0.350. The van der Waals surface area contributed by atoms with Crippen molar-refractivity contribution in [1.29, 1.82) is 0 Å². The Morgan fingerprint density at radius 1 is 1.00 bits per heavy atom. The van der Waals surface area contributed by atoms with Gasteiger partial charge < -0.3 is 13.9 Å². The number of carbonyl (C=O) groups excluding carboxylic acids is 1. The molecule has 0 N–H and O–H groups in total. The summed E-state index contributed by atoms with van der Waals surface area (Å²) in [4.78, 5) is 16.3. The van der Waals surface area contributed by atoms with Gasteiger partial charge in [-0.25, -0.2) is 18.6 Å². The minimum Gasteiger partial charge on any atom is -0.482 e. The molecule has 3 aromatic carbocycles. The molecule has 4 rings (SSSR count). The Hall–Kier alpha value is -3.74. The van der Waals surface area contributed by atoms with Crippen molar-refractivity contribution in [3.8, 4) is 28.3 Å². The topological polar surface area (TPSA) is 61.6 Å². The zero-order valence-electron chi connectivity index (χ0n) is 17.8. The molecule has 0 bridgehead atoms. The summed E-state index contributed by atoms with van der Waals surface area (Å²) < 4.78 is 44.0. The highest BCUT2D eigenvalue weighted by atomic mass is 19.1. The molecule has 1 aromatic heterocycles. The second-order valence-corrected chi connectivity index (χ2v) is 8.23. The Labute approximate surface area is 183 Å². The second kappa shape index (κ2) is 8.42. The zero-order valence-corrected chi connectivity index (χ0v) is 17.8. The van der Waals surface area contributed by atoms with Crippen LogP contribution in [0, 0.1) is 11.6 Å². The number of esters is 1. The molecule has 5 nitrogen and oxygen atoms in total. The molecular weight excluding hydrogens is 416 g/mol. The minimum absolute atomic E-state index is 0.221. The fourth-order valence-electron chi connectivity index (χ4n) is 3.17. The van der Waals surface area contributed by atoms with Crippen molar-refractivity contribution < 1.29 is 27.5 Å². The second-order valence-electron chi connectivity index (χ2n) is 8.23. The van der Waals surface area contributed by atoms with Gasteiger partial charge in [0.2, 0.25) is 5.89 Å². The summed E-state index contributed by atoms with van der Waals surface area (Å²) in [5.41, 5.74) is 1.93. The third-order valence-electron chi connectivity index (χ3n) is 4.49. The van der Waals surface area contributed by atoms with E-state index in [1.807, 2.05) is 0 Å². The van der Waals surface area contributed by atoms with Crippen LogP contribution in [0.5, 0.6) is 5.75 Å². The Bertz CT molecular complexity index is 1290. The van der Waals surface area contributed by atoms with Crippen LogP contribution < -0.4 is 4.74 Å². The Kier molecular flexibility index (Phi) is 5.65. The predicted molar refractivity (Wildman–Crippen MR) is 116 cm³/mol. The molecule has 0 saturated carbocycles. The average molecular weight is 437 g/mol. The molecule has 0 fully saturated rings. The Morgan fingerprint density at radius 3 is 2.56 bits per heavy atom. The third kappa shape index (κ3) is 4.94. The highest BCUT2D eigenvalue weighted by Crippen LogP contribution is 2.31. The Balaban J connectivity index is 1.56. The van der Waals surface area contributed by atoms with E-state index in [2.05, 4.69) is 4.98 Å². The van der Waals surface area contributed by atoms with Crippen molar-refractivity contribution in [2.75, 3.05) is 6.61 Å². The Morgan fingerprint density at radius 2 is 1.81 bits per heavy atom. The lowest BCUT2D eigenvalue weighted by Crippen LogP contribution is -2.27. The smallest absolute Gasteiger partial charge is 0.344 e. The molecule has 0 aliphatic carbocycles. The highest BCUT2D eigenvalue weighted by Gasteiger charge is 2.17. The van der Waals surface area contributed by atoms with Crippen molar-refractivity contribution in [1.82, 2.24) is 4.98 Å². The van der Waals surface area contributed by atoms with Crippen LogP contribution in [0.2, 0.25) is 0 Å². The van der Waals surface area contributed by atoms with Crippen LogP contribution in [-0.2, 0) is 9.53 Å². The van der Waals surface area contributed by atoms with Gasteiger partial charge in [-0.3, -0.25) is 0 Å². The molecule has 0 aliphatic rings. The van der Waals surface area contributed by atoms with Crippen molar-refractivity contribution in [3.05, 3.63) is 72.3 Å². The van der Waals surface area contributed by atoms with E-state index in [0.717, 1.165) is 6.07 Å². The van der Waals surface area contributed by atoms with Gasteiger partial charge in [-0.2, -0.15) is 0 Å². The molecule has 0 saturated heterocycles. The summed E-state index contributed by atoms with van der Waals surface area (Å²) in [7, 11) is 0. The number of rotatable bonds is 5. The largest absolute Gasteiger partial charge is 0.482 e. The molecule has 0 atom stereocenters. The van der Waals surface area contributed by atoms with Gasteiger partial charge in [-0.15, -0.1) is 0 Å². The van der Waals surface area contributed by atoms with Crippen LogP contribution in [0.1, 0.15) is 20.8 Å². The molecule has 0 radical (unpaired) electrons. The molecule has 32 heavy (non-hydrogen) atoms. The first kappa shape index (κ1) is 21.5. The summed E-state index contributed by atoms with van der Waals surface area (Å²) >= 11 is 0. The first-order valence-electron chi connectivity index (χ1n) is 9.99. The number of halogens is 2. The summed E-state index contributed by atoms with van der Waals surface area (Å²) in [6, 6.07) is 15.5. The van der Waals surface area contributed by atoms with Crippen molar-refractivity contribution in [3.63, 3.8) is 0 Å². The van der Waals surface area contributed by atoms with E-state index < -0.39 is 23.2 Å². The first-order valence-corrected chi connectivity index (χ1v) is 9.99.